The van der Waals surface area contributed by atoms with Crippen molar-refractivity contribution in [2.45, 2.75) is 63.3 Å². The Bertz CT molecular complexity index is 1250. The minimum absolute atomic E-state index is 0.101. The number of carbonyl (C=O) groups excluding carboxylic acids is 1. The van der Waals surface area contributed by atoms with Gasteiger partial charge in [-0.2, -0.15) is 5.10 Å². The molecule has 33 heavy (non-hydrogen) atoms. The standard InChI is InChI=1S/C23H31N5O4S/c1-23(2)11-28-22(32-12-23)20(33(24,25)30)19(27-28)21(29)26-18-16-6-4-5-13(16)9-14-7-8-15(10-31-3)17(14)18/h9,15H,4-8,10-12H2,1-3H3,(H,26,29)(H3,24,25,30)/t15-/m0/s1. The second-order valence-corrected chi connectivity index (χ2v) is 11.8. The van der Waals surface area contributed by atoms with E-state index in [1.807, 2.05) is 13.8 Å². The fourth-order valence-corrected chi connectivity index (χ4v) is 6.31. The van der Waals surface area contributed by atoms with Gasteiger partial charge in [0.25, 0.3) is 5.91 Å². The predicted molar refractivity (Wildman–Crippen MR) is 124 cm³/mol. The highest BCUT2D eigenvalue weighted by Crippen LogP contribution is 2.44. The van der Waals surface area contributed by atoms with E-state index in [0.717, 1.165) is 48.9 Å². The first-order valence-electron chi connectivity index (χ1n) is 11.4. The molecule has 2 heterocycles. The Hall–Kier alpha value is -2.43. The van der Waals surface area contributed by atoms with Crippen molar-refractivity contribution in [1.29, 1.82) is 4.78 Å². The van der Waals surface area contributed by atoms with E-state index < -0.39 is 15.8 Å². The van der Waals surface area contributed by atoms with Crippen LogP contribution in [0.25, 0.3) is 0 Å². The Morgan fingerprint density at radius 1 is 1.39 bits per heavy atom. The average molecular weight is 474 g/mol. The van der Waals surface area contributed by atoms with Gasteiger partial charge in [0.2, 0.25) is 5.88 Å². The molecule has 2 aliphatic carbocycles. The molecule has 1 aliphatic heterocycles. The molecule has 1 aromatic heterocycles. The molecule has 0 spiro atoms. The molecule has 1 amide bonds. The van der Waals surface area contributed by atoms with E-state index in [0.29, 0.717) is 19.8 Å². The maximum Gasteiger partial charge on any atom is 0.277 e. The number of hydrogen-bond acceptors (Lipinski definition) is 6. The van der Waals surface area contributed by atoms with E-state index in [9.17, 15) is 9.00 Å². The second-order valence-electron chi connectivity index (χ2n) is 10.2. The van der Waals surface area contributed by atoms with Crippen LogP contribution in [0.5, 0.6) is 5.88 Å². The molecule has 9 nitrogen and oxygen atoms in total. The van der Waals surface area contributed by atoms with E-state index in [-0.39, 0.29) is 27.8 Å². The number of amides is 1. The summed E-state index contributed by atoms with van der Waals surface area (Å²) >= 11 is 0. The molecular formula is C23H31N5O4S. The molecule has 2 atom stereocenters. The number of nitrogens with zero attached hydrogens (tertiary/aromatic N) is 2. The molecule has 4 N–H and O–H groups in total. The van der Waals surface area contributed by atoms with Gasteiger partial charge >= 0.3 is 0 Å². The number of nitrogens with one attached hydrogen (secondary N) is 2. The van der Waals surface area contributed by atoms with Crippen molar-refractivity contribution in [3.8, 4) is 5.88 Å². The Labute approximate surface area is 194 Å². The van der Waals surface area contributed by atoms with Gasteiger partial charge in [0, 0.05) is 24.1 Å². The van der Waals surface area contributed by atoms with E-state index >= 15 is 0 Å². The van der Waals surface area contributed by atoms with Crippen LogP contribution in [0.2, 0.25) is 0 Å². The molecule has 0 saturated carbocycles. The lowest BCUT2D eigenvalue weighted by atomic mass is 9.94. The quantitative estimate of drug-likeness (QED) is 0.614. The summed E-state index contributed by atoms with van der Waals surface area (Å²) in [5.41, 5.74) is 5.34. The highest BCUT2D eigenvalue weighted by atomic mass is 32.2. The first kappa shape index (κ1) is 22.4. The first-order chi connectivity index (χ1) is 15.6. The number of nitrogens with two attached hydrogens (primary N) is 1. The predicted octanol–water partition coefficient (Wildman–Crippen LogP) is 3.00. The van der Waals surface area contributed by atoms with E-state index in [1.54, 1.807) is 7.11 Å². The highest BCUT2D eigenvalue weighted by Gasteiger charge is 2.37. The number of aryl methyl sites for hydroxylation is 2. The van der Waals surface area contributed by atoms with E-state index in [1.165, 1.54) is 15.8 Å². The zero-order valence-corrected chi connectivity index (χ0v) is 20.1. The van der Waals surface area contributed by atoms with Gasteiger partial charge in [0.1, 0.15) is 9.92 Å². The lowest BCUT2D eigenvalue weighted by Crippen LogP contribution is -2.33. The molecule has 5 rings (SSSR count). The summed E-state index contributed by atoms with van der Waals surface area (Å²) in [5, 5.41) is 13.3. The zero-order chi connectivity index (χ0) is 23.5. The van der Waals surface area contributed by atoms with Crippen molar-refractivity contribution < 1.29 is 18.5 Å². The van der Waals surface area contributed by atoms with Crippen LogP contribution in [0.1, 0.15) is 65.3 Å². The fraction of sp³-hybridized carbons (Fsp3) is 0.565. The van der Waals surface area contributed by atoms with Crippen LogP contribution in [0.3, 0.4) is 0 Å². The lowest BCUT2D eigenvalue weighted by Gasteiger charge is -2.30. The van der Waals surface area contributed by atoms with Crippen molar-refractivity contribution in [3.63, 3.8) is 0 Å². The van der Waals surface area contributed by atoms with Gasteiger partial charge in [-0.25, -0.2) is 18.8 Å². The molecule has 0 saturated heterocycles. The Kier molecular flexibility index (Phi) is 5.30. The molecule has 10 heteroatoms. The first-order valence-corrected chi connectivity index (χ1v) is 13.0. The van der Waals surface area contributed by atoms with Gasteiger partial charge in [-0.1, -0.05) is 19.9 Å². The van der Waals surface area contributed by atoms with Crippen LogP contribution in [0.4, 0.5) is 5.69 Å². The summed E-state index contributed by atoms with van der Waals surface area (Å²) in [5.74, 6) is -0.146. The number of fused-ring (bicyclic) bond motifs is 3. The van der Waals surface area contributed by atoms with Crippen LogP contribution < -0.4 is 15.2 Å². The van der Waals surface area contributed by atoms with Crippen molar-refractivity contribution in [2.24, 2.45) is 10.6 Å². The van der Waals surface area contributed by atoms with Crippen molar-refractivity contribution in [1.82, 2.24) is 9.78 Å². The van der Waals surface area contributed by atoms with Gasteiger partial charge < -0.3 is 14.8 Å². The summed E-state index contributed by atoms with van der Waals surface area (Å²) in [6.07, 6.45) is 4.87. The van der Waals surface area contributed by atoms with Crippen molar-refractivity contribution in [3.05, 3.63) is 34.0 Å². The largest absolute Gasteiger partial charge is 0.476 e. The van der Waals surface area contributed by atoms with Crippen molar-refractivity contribution >= 4 is 21.5 Å². The van der Waals surface area contributed by atoms with Gasteiger partial charge in [-0.05, 0) is 54.4 Å². The molecule has 0 bridgehead atoms. The Morgan fingerprint density at radius 3 is 2.91 bits per heavy atom. The zero-order valence-electron chi connectivity index (χ0n) is 19.3. The minimum Gasteiger partial charge on any atom is -0.476 e. The number of rotatable bonds is 5. The number of ether oxygens (including phenoxy) is 2. The molecule has 0 fully saturated rings. The molecule has 178 valence electrons. The van der Waals surface area contributed by atoms with Crippen LogP contribution >= 0.6 is 0 Å². The average Bonchev–Trinajstić information content (AvgIpc) is 3.43. The van der Waals surface area contributed by atoms with E-state index in [2.05, 4.69) is 16.5 Å². The van der Waals surface area contributed by atoms with Crippen LogP contribution in [-0.4, -0.2) is 40.2 Å². The number of anilines is 1. The van der Waals surface area contributed by atoms with Crippen LogP contribution in [0, 0.1) is 10.2 Å². The summed E-state index contributed by atoms with van der Waals surface area (Å²) < 4.78 is 33.5. The van der Waals surface area contributed by atoms with Crippen molar-refractivity contribution in [2.75, 3.05) is 25.6 Å². The summed E-state index contributed by atoms with van der Waals surface area (Å²) in [6, 6.07) is 2.29. The topological polar surface area (TPSA) is 132 Å². The van der Waals surface area contributed by atoms with E-state index in [4.69, 9.17) is 19.4 Å². The maximum atomic E-state index is 13.6. The van der Waals surface area contributed by atoms with Crippen LogP contribution in [-0.2, 0) is 40.5 Å². The van der Waals surface area contributed by atoms with Crippen LogP contribution in [0.15, 0.2) is 11.0 Å². The number of benzene rings is 1. The number of hydrogen-bond donors (Lipinski definition) is 3. The molecule has 1 aromatic carbocycles. The number of aromatic nitrogens is 2. The minimum atomic E-state index is -3.74. The maximum absolute atomic E-state index is 13.6. The Morgan fingerprint density at radius 2 is 2.18 bits per heavy atom. The monoisotopic (exact) mass is 473 g/mol. The van der Waals surface area contributed by atoms with Gasteiger partial charge in [0.15, 0.2) is 10.6 Å². The summed E-state index contributed by atoms with van der Waals surface area (Å²) in [4.78, 5) is 13.5. The number of carbonyl (C=O) groups is 1. The highest BCUT2D eigenvalue weighted by molar-refractivity contribution is 7.90. The lowest BCUT2D eigenvalue weighted by molar-refractivity contribution is 0.0967. The summed E-state index contributed by atoms with van der Waals surface area (Å²) in [6.45, 7) is 5.46. The third-order valence-electron chi connectivity index (χ3n) is 6.86. The van der Waals surface area contributed by atoms with Gasteiger partial charge in [-0.3, -0.25) is 4.79 Å². The third kappa shape index (κ3) is 3.83. The smallest absolute Gasteiger partial charge is 0.277 e. The molecular weight excluding hydrogens is 442 g/mol. The molecule has 0 radical (unpaired) electrons. The number of methoxy groups -OCH3 is 1. The Balaban J connectivity index is 1.59. The van der Waals surface area contributed by atoms with Gasteiger partial charge in [-0.15, -0.1) is 0 Å². The van der Waals surface area contributed by atoms with Gasteiger partial charge in [0.05, 0.1) is 19.8 Å². The normalized spacial score (nSPS) is 22.1. The SMILES string of the molecule is COC[C@@H]1CCc2cc3c(c(NC(=O)c4nn5c(c4S(=N)(N)=O)OCC(C)(C)C5)c21)CCC3. The molecule has 3 aliphatic rings. The second kappa shape index (κ2) is 7.82. The molecule has 1 unspecified atom stereocenters. The third-order valence-corrected chi connectivity index (χ3v) is 7.84. The fourth-order valence-electron chi connectivity index (χ4n) is 5.47. The molecule has 2 aromatic rings. The summed E-state index contributed by atoms with van der Waals surface area (Å²) in [7, 11) is -2.04.